The fourth-order valence-electron chi connectivity index (χ4n) is 2.28. The van der Waals surface area contributed by atoms with Gasteiger partial charge in [0.2, 0.25) is 0 Å². The van der Waals surface area contributed by atoms with Gasteiger partial charge in [-0.1, -0.05) is 41.9 Å². The molecule has 1 amide bonds. The van der Waals surface area contributed by atoms with Gasteiger partial charge in [0.25, 0.3) is 5.91 Å². The number of benzene rings is 2. The van der Waals surface area contributed by atoms with Crippen molar-refractivity contribution < 1.29 is 9.53 Å². The van der Waals surface area contributed by atoms with Gasteiger partial charge in [-0.25, -0.2) is 0 Å². The van der Waals surface area contributed by atoms with Gasteiger partial charge in [-0.05, 0) is 56.0 Å². The van der Waals surface area contributed by atoms with E-state index in [1.165, 1.54) is 0 Å². The number of carbonyl (C=O) groups excluding carboxylic acids is 1. The van der Waals surface area contributed by atoms with E-state index in [4.69, 9.17) is 16.3 Å². The molecule has 0 saturated carbocycles. The van der Waals surface area contributed by atoms with Gasteiger partial charge in [-0.3, -0.25) is 4.79 Å². The molecule has 0 bridgehead atoms. The molecular weight excluding hydrogens is 310 g/mol. The highest BCUT2D eigenvalue weighted by atomic mass is 35.5. The van der Waals surface area contributed by atoms with E-state index in [1.54, 1.807) is 6.92 Å². The van der Waals surface area contributed by atoms with Crippen LogP contribution in [-0.4, -0.2) is 18.6 Å². The normalized spacial score (nSPS) is 11.8. The zero-order chi connectivity index (χ0) is 16.7. The van der Waals surface area contributed by atoms with Crippen LogP contribution in [0.2, 0.25) is 5.02 Å². The first-order valence-corrected chi connectivity index (χ1v) is 8.18. The summed E-state index contributed by atoms with van der Waals surface area (Å²) in [4.78, 5) is 12.0. The highest BCUT2D eigenvalue weighted by Gasteiger charge is 2.14. The number of hydrogen-bond donors (Lipinski definition) is 1. The molecule has 0 aliphatic carbocycles. The number of hydrogen-bond acceptors (Lipinski definition) is 2. The summed E-state index contributed by atoms with van der Waals surface area (Å²) in [5.41, 5.74) is 2.21. The molecule has 0 aliphatic rings. The molecule has 2 aromatic rings. The second-order valence-electron chi connectivity index (χ2n) is 5.56. The highest BCUT2D eigenvalue weighted by Crippen LogP contribution is 2.16. The van der Waals surface area contributed by atoms with Crippen LogP contribution in [-0.2, 0) is 11.2 Å². The van der Waals surface area contributed by atoms with E-state index >= 15 is 0 Å². The van der Waals surface area contributed by atoms with Gasteiger partial charge in [0, 0.05) is 11.6 Å². The van der Waals surface area contributed by atoms with Gasteiger partial charge in [-0.15, -0.1) is 0 Å². The first kappa shape index (κ1) is 17.4. The first-order valence-electron chi connectivity index (χ1n) is 7.80. The Hall–Kier alpha value is -2.00. The second-order valence-corrected chi connectivity index (χ2v) is 5.97. The number of ether oxygens (including phenoxy) is 1. The van der Waals surface area contributed by atoms with Crippen molar-refractivity contribution in [2.24, 2.45) is 0 Å². The lowest BCUT2D eigenvalue weighted by Crippen LogP contribution is -2.36. The average Bonchev–Trinajstić information content (AvgIpc) is 2.53. The topological polar surface area (TPSA) is 38.3 Å². The molecule has 0 fully saturated rings. The van der Waals surface area contributed by atoms with E-state index in [-0.39, 0.29) is 5.91 Å². The van der Waals surface area contributed by atoms with Crippen molar-refractivity contribution in [3.05, 3.63) is 64.7 Å². The number of amides is 1. The molecule has 1 atom stereocenters. The molecule has 23 heavy (non-hydrogen) atoms. The number of aryl methyl sites for hydroxylation is 2. The van der Waals surface area contributed by atoms with Crippen molar-refractivity contribution in [3.63, 3.8) is 0 Å². The Kier molecular flexibility index (Phi) is 6.48. The molecule has 0 heterocycles. The molecule has 1 N–H and O–H groups in total. The number of carbonyl (C=O) groups is 1. The van der Waals surface area contributed by atoms with E-state index in [0.29, 0.717) is 12.3 Å². The van der Waals surface area contributed by atoms with Crippen molar-refractivity contribution in [1.82, 2.24) is 5.32 Å². The van der Waals surface area contributed by atoms with Crippen LogP contribution in [0.4, 0.5) is 0 Å². The fraction of sp³-hybridized carbons (Fsp3) is 0.316. The van der Waals surface area contributed by atoms with Crippen molar-refractivity contribution >= 4 is 17.5 Å². The van der Waals surface area contributed by atoms with E-state index in [2.05, 4.69) is 5.32 Å². The smallest absolute Gasteiger partial charge is 0.260 e. The van der Waals surface area contributed by atoms with Gasteiger partial charge in [-0.2, -0.15) is 0 Å². The average molecular weight is 332 g/mol. The molecule has 0 saturated heterocycles. The Bertz CT molecular complexity index is 657. The minimum atomic E-state index is -0.517. The number of halogens is 1. The van der Waals surface area contributed by atoms with Gasteiger partial charge in [0.15, 0.2) is 6.10 Å². The maximum absolute atomic E-state index is 12.0. The van der Waals surface area contributed by atoms with Crippen LogP contribution in [0, 0.1) is 6.92 Å². The lowest BCUT2D eigenvalue weighted by Gasteiger charge is -2.15. The minimum Gasteiger partial charge on any atom is -0.481 e. The quantitative estimate of drug-likeness (QED) is 0.773. The third kappa shape index (κ3) is 5.61. The number of nitrogens with one attached hydrogen (secondary N) is 1. The van der Waals surface area contributed by atoms with Crippen molar-refractivity contribution in [1.29, 1.82) is 0 Å². The third-order valence-corrected chi connectivity index (χ3v) is 3.92. The minimum absolute atomic E-state index is 0.106. The first-order chi connectivity index (χ1) is 11.1. The van der Waals surface area contributed by atoms with Gasteiger partial charge in [0.05, 0.1) is 0 Å². The van der Waals surface area contributed by atoms with Crippen LogP contribution in [0.25, 0.3) is 0 Å². The summed E-state index contributed by atoms with van der Waals surface area (Å²) in [5.74, 6) is 0.606. The van der Waals surface area contributed by atoms with E-state index in [0.717, 1.165) is 29.0 Å². The molecule has 2 rings (SSSR count). The van der Waals surface area contributed by atoms with Gasteiger partial charge >= 0.3 is 0 Å². The molecule has 0 spiro atoms. The maximum Gasteiger partial charge on any atom is 0.260 e. The second kappa shape index (κ2) is 8.59. The van der Waals surface area contributed by atoms with Crippen LogP contribution in [0.15, 0.2) is 48.5 Å². The van der Waals surface area contributed by atoms with Crippen LogP contribution in [0.1, 0.15) is 24.5 Å². The summed E-state index contributed by atoms with van der Waals surface area (Å²) in [6.45, 7) is 4.35. The molecule has 0 aliphatic heterocycles. The third-order valence-electron chi connectivity index (χ3n) is 3.55. The molecule has 2 aromatic carbocycles. The molecule has 3 nitrogen and oxygen atoms in total. The molecule has 122 valence electrons. The van der Waals surface area contributed by atoms with Crippen LogP contribution in [0.5, 0.6) is 5.75 Å². The Morgan fingerprint density at radius 3 is 2.74 bits per heavy atom. The summed E-state index contributed by atoms with van der Waals surface area (Å²) >= 11 is 6.11. The lowest BCUT2D eigenvalue weighted by molar-refractivity contribution is -0.127. The summed E-state index contributed by atoms with van der Waals surface area (Å²) in [5, 5.41) is 3.67. The van der Waals surface area contributed by atoms with Gasteiger partial charge in [0.1, 0.15) is 5.75 Å². The predicted molar refractivity (Wildman–Crippen MR) is 94.1 cm³/mol. The Morgan fingerprint density at radius 2 is 2.00 bits per heavy atom. The maximum atomic E-state index is 12.0. The van der Waals surface area contributed by atoms with E-state index < -0.39 is 6.10 Å². The summed E-state index contributed by atoms with van der Waals surface area (Å²) in [7, 11) is 0. The number of rotatable bonds is 7. The standard InChI is InChI=1S/C19H22ClNO2/c1-14-7-5-10-17(13-14)23-15(2)19(22)21-12-6-9-16-8-3-4-11-18(16)20/h3-5,7-8,10-11,13,15H,6,9,12H2,1-2H3,(H,21,22)/t15-/m1/s1. The molecule has 4 heteroatoms. The summed E-state index contributed by atoms with van der Waals surface area (Å²) in [6, 6.07) is 15.5. The van der Waals surface area contributed by atoms with Crippen LogP contribution < -0.4 is 10.1 Å². The largest absolute Gasteiger partial charge is 0.481 e. The Labute approximate surface area is 142 Å². The van der Waals surface area contributed by atoms with Gasteiger partial charge < -0.3 is 10.1 Å². The molecule has 0 unspecified atom stereocenters. The lowest BCUT2D eigenvalue weighted by atomic mass is 10.1. The van der Waals surface area contributed by atoms with E-state index in [9.17, 15) is 4.79 Å². The Morgan fingerprint density at radius 1 is 1.22 bits per heavy atom. The zero-order valence-corrected chi connectivity index (χ0v) is 14.3. The van der Waals surface area contributed by atoms with E-state index in [1.807, 2.05) is 55.5 Å². The summed E-state index contributed by atoms with van der Waals surface area (Å²) in [6.07, 6.45) is 1.16. The monoisotopic (exact) mass is 331 g/mol. The molecule has 0 aromatic heterocycles. The van der Waals surface area contributed by atoms with Crippen molar-refractivity contribution in [3.8, 4) is 5.75 Å². The zero-order valence-electron chi connectivity index (χ0n) is 13.5. The fourth-order valence-corrected chi connectivity index (χ4v) is 2.51. The molecular formula is C19H22ClNO2. The molecule has 0 radical (unpaired) electrons. The summed E-state index contributed by atoms with van der Waals surface area (Å²) < 4.78 is 5.66. The Balaban J connectivity index is 1.73. The predicted octanol–water partition coefficient (Wildman–Crippen LogP) is 4.16. The SMILES string of the molecule is Cc1cccc(O[C@H](C)C(=O)NCCCc2ccccc2Cl)c1. The van der Waals surface area contributed by atoms with Crippen LogP contribution >= 0.6 is 11.6 Å². The van der Waals surface area contributed by atoms with Crippen LogP contribution in [0.3, 0.4) is 0 Å². The van der Waals surface area contributed by atoms with Crippen molar-refractivity contribution in [2.75, 3.05) is 6.54 Å². The highest BCUT2D eigenvalue weighted by molar-refractivity contribution is 6.31. The van der Waals surface area contributed by atoms with Crippen molar-refractivity contribution in [2.45, 2.75) is 32.8 Å².